The molecule has 0 saturated heterocycles. The number of anilines is 2. The van der Waals surface area contributed by atoms with E-state index < -0.39 is 5.91 Å². The fraction of sp³-hybridized carbons (Fsp3) is 0.269. The molecule has 0 atom stereocenters. The molecule has 1 aliphatic rings. The van der Waals surface area contributed by atoms with Crippen LogP contribution < -0.4 is 11.1 Å². The smallest absolute Gasteiger partial charge is 0.250 e. The maximum atomic E-state index is 11.9. The van der Waals surface area contributed by atoms with Crippen LogP contribution in [-0.4, -0.2) is 20.4 Å². The number of rotatable bonds is 6. The zero-order valence-corrected chi connectivity index (χ0v) is 18.0. The van der Waals surface area contributed by atoms with Gasteiger partial charge in [-0.15, -0.1) is 0 Å². The lowest BCUT2D eigenvalue weighted by atomic mass is 9.85. The number of para-hydroxylation sites is 1. The Morgan fingerprint density at radius 2 is 1.81 bits per heavy atom. The van der Waals surface area contributed by atoms with Crippen molar-refractivity contribution < 1.29 is 4.79 Å². The lowest BCUT2D eigenvalue weighted by Crippen LogP contribution is -2.10. The van der Waals surface area contributed by atoms with Gasteiger partial charge in [0.25, 0.3) is 5.91 Å². The highest BCUT2D eigenvalue weighted by molar-refractivity contribution is 6.06. The highest BCUT2D eigenvalue weighted by atomic mass is 16.1. The molecule has 0 aliphatic heterocycles. The number of nitrogens with zero attached hydrogens (tertiary/aromatic N) is 3. The predicted molar refractivity (Wildman–Crippen MR) is 127 cm³/mol. The number of nitrogens with two attached hydrogens (primary N) is 1. The van der Waals surface area contributed by atoms with Crippen molar-refractivity contribution in [1.82, 2.24) is 14.5 Å². The summed E-state index contributed by atoms with van der Waals surface area (Å²) >= 11 is 0. The molecule has 1 saturated carbocycles. The number of amides is 1. The summed E-state index contributed by atoms with van der Waals surface area (Å²) in [4.78, 5) is 20.9. The van der Waals surface area contributed by atoms with Crippen molar-refractivity contribution in [3.8, 4) is 5.82 Å². The van der Waals surface area contributed by atoms with Crippen LogP contribution in [0.2, 0.25) is 0 Å². The minimum atomic E-state index is -0.458. The Hall–Kier alpha value is -3.67. The van der Waals surface area contributed by atoms with Crippen molar-refractivity contribution in [2.75, 3.05) is 5.32 Å². The second-order valence-corrected chi connectivity index (χ2v) is 8.56. The predicted octanol–water partition coefficient (Wildman–Crippen LogP) is 5.39. The first-order valence-electron chi connectivity index (χ1n) is 11.3. The molecule has 6 nitrogen and oxygen atoms in total. The van der Waals surface area contributed by atoms with Crippen LogP contribution in [-0.2, 0) is 6.42 Å². The van der Waals surface area contributed by atoms with Crippen LogP contribution in [0.15, 0.2) is 67.0 Å². The Morgan fingerprint density at radius 1 is 1.03 bits per heavy atom. The minimum absolute atomic E-state index is 0.458. The van der Waals surface area contributed by atoms with Crippen LogP contribution in [0.25, 0.3) is 16.7 Å². The molecule has 1 amide bonds. The second-order valence-electron chi connectivity index (χ2n) is 8.56. The normalized spacial score (nSPS) is 14.5. The standard InChI is InChI=1S/C26H27N5O/c27-25(32)22-17-31(23-9-5-4-8-21(22)23)24-14-15-28-26(30-24)29-20-12-10-19(11-13-20)16-18-6-2-1-3-7-18/h4-5,8-15,17-18H,1-3,6-7,16H2,(H2,27,32)(H,28,29,30). The van der Waals surface area contributed by atoms with Crippen molar-refractivity contribution in [1.29, 1.82) is 0 Å². The summed E-state index contributed by atoms with van der Waals surface area (Å²) < 4.78 is 1.87. The molecule has 162 valence electrons. The molecule has 6 heteroatoms. The Morgan fingerprint density at radius 3 is 2.59 bits per heavy atom. The van der Waals surface area contributed by atoms with E-state index in [1.165, 1.54) is 37.7 Å². The second kappa shape index (κ2) is 8.83. The molecular weight excluding hydrogens is 398 g/mol. The van der Waals surface area contributed by atoms with Gasteiger partial charge in [0, 0.05) is 23.5 Å². The molecule has 0 bridgehead atoms. The molecule has 4 aromatic rings. The first kappa shape index (κ1) is 20.2. The van der Waals surface area contributed by atoms with Crippen LogP contribution in [0.4, 0.5) is 11.6 Å². The van der Waals surface area contributed by atoms with Crippen molar-refractivity contribution in [3.05, 3.63) is 78.1 Å². The molecule has 1 aliphatic carbocycles. The fourth-order valence-electron chi connectivity index (χ4n) is 4.69. The molecule has 1 fully saturated rings. The highest BCUT2D eigenvalue weighted by Crippen LogP contribution is 2.28. The van der Waals surface area contributed by atoms with Gasteiger partial charge in [-0.05, 0) is 42.2 Å². The van der Waals surface area contributed by atoms with Crippen LogP contribution in [0, 0.1) is 5.92 Å². The van der Waals surface area contributed by atoms with E-state index in [1.54, 1.807) is 12.4 Å². The van der Waals surface area contributed by atoms with Gasteiger partial charge in [0.1, 0.15) is 5.82 Å². The molecule has 2 aromatic heterocycles. The average Bonchev–Trinajstić information content (AvgIpc) is 3.22. The molecule has 32 heavy (non-hydrogen) atoms. The summed E-state index contributed by atoms with van der Waals surface area (Å²) in [6.45, 7) is 0. The summed E-state index contributed by atoms with van der Waals surface area (Å²) in [6, 6.07) is 18.0. The third-order valence-corrected chi connectivity index (χ3v) is 6.32. The van der Waals surface area contributed by atoms with Crippen molar-refractivity contribution >= 4 is 28.4 Å². The third-order valence-electron chi connectivity index (χ3n) is 6.32. The lowest BCUT2D eigenvalue weighted by Gasteiger charge is -2.21. The van der Waals surface area contributed by atoms with E-state index in [1.807, 2.05) is 34.9 Å². The van der Waals surface area contributed by atoms with Gasteiger partial charge in [0.15, 0.2) is 0 Å². The number of benzene rings is 2. The topological polar surface area (TPSA) is 85.8 Å². The first-order valence-corrected chi connectivity index (χ1v) is 11.3. The van der Waals surface area contributed by atoms with Crippen LogP contribution in [0.1, 0.15) is 48.0 Å². The minimum Gasteiger partial charge on any atom is -0.366 e. The van der Waals surface area contributed by atoms with Gasteiger partial charge in [-0.3, -0.25) is 4.79 Å². The van der Waals surface area contributed by atoms with Crippen LogP contribution in [0.5, 0.6) is 0 Å². The van der Waals surface area contributed by atoms with Gasteiger partial charge in [0.2, 0.25) is 5.95 Å². The number of aromatic nitrogens is 3. The summed E-state index contributed by atoms with van der Waals surface area (Å²) in [7, 11) is 0. The highest BCUT2D eigenvalue weighted by Gasteiger charge is 2.15. The lowest BCUT2D eigenvalue weighted by molar-refractivity contribution is 0.100. The molecule has 0 unspecified atom stereocenters. The van der Waals surface area contributed by atoms with Gasteiger partial charge in [-0.25, -0.2) is 4.98 Å². The largest absolute Gasteiger partial charge is 0.366 e. The van der Waals surface area contributed by atoms with E-state index in [9.17, 15) is 4.79 Å². The zero-order chi connectivity index (χ0) is 21.9. The van der Waals surface area contributed by atoms with E-state index in [4.69, 9.17) is 5.73 Å². The zero-order valence-electron chi connectivity index (χ0n) is 18.0. The molecule has 2 aromatic carbocycles. The number of fused-ring (bicyclic) bond motifs is 1. The van der Waals surface area contributed by atoms with E-state index in [0.717, 1.165) is 28.9 Å². The number of nitrogens with one attached hydrogen (secondary N) is 1. The van der Waals surface area contributed by atoms with Crippen LogP contribution >= 0.6 is 0 Å². The molecule has 2 heterocycles. The molecule has 0 radical (unpaired) electrons. The van der Waals surface area contributed by atoms with E-state index in [2.05, 4.69) is 39.6 Å². The van der Waals surface area contributed by atoms with Crippen molar-refractivity contribution in [2.45, 2.75) is 38.5 Å². The van der Waals surface area contributed by atoms with Gasteiger partial charge in [-0.1, -0.05) is 62.4 Å². The van der Waals surface area contributed by atoms with Gasteiger partial charge in [-0.2, -0.15) is 4.98 Å². The number of hydrogen-bond acceptors (Lipinski definition) is 4. The van der Waals surface area contributed by atoms with E-state index in [0.29, 0.717) is 17.3 Å². The number of primary amides is 1. The van der Waals surface area contributed by atoms with Gasteiger partial charge >= 0.3 is 0 Å². The Kier molecular flexibility index (Phi) is 5.58. The van der Waals surface area contributed by atoms with Gasteiger partial charge < -0.3 is 15.6 Å². The first-order chi connectivity index (χ1) is 15.7. The summed E-state index contributed by atoms with van der Waals surface area (Å²) in [6.07, 6.45) is 11.4. The summed E-state index contributed by atoms with van der Waals surface area (Å²) in [5, 5.41) is 4.10. The van der Waals surface area contributed by atoms with Crippen molar-refractivity contribution in [2.24, 2.45) is 11.7 Å². The summed E-state index contributed by atoms with van der Waals surface area (Å²) in [5.74, 6) is 1.53. The summed E-state index contributed by atoms with van der Waals surface area (Å²) in [5.41, 5.74) is 9.26. The van der Waals surface area contributed by atoms with Crippen LogP contribution in [0.3, 0.4) is 0 Å². The molecule has 5 rings (SSSR count). The number of hydrogen-bond donors (Lipinski definition) is 2. The van der Waals surface area contributed by atoms with Crippen molar-refractivity contribution in [3.63, 3.8) is 0 Å². The Labute approximate surface area is 187 Å². The quantitative estimate of drug-likeness (QED) is 0.434. The maximum absolute atomic E-state index is 11.9. The average molecular weight is 426 g/mol. The van der Waals surface area contributed by atoms with E-state index >= 15 is 0 Å². The molecule has 3 N–H and O–H groups in total. The Balaban J connectivity index is 1.36. The fourth-order valence-corrected chi connectivity index (χ4v) is 4.69. The molecular formula is C26H27N5O. The number of carbonyl (C=O) groups is 1. The molecule has 0 spiro atoms. The monoisotopic (exact) mass is 425 g/mol. The third kappa shape index (κ3) is 4.21. The SMILES string of the molecule is NC(=O)c1cn(-c2ccnc(Nc3ccc(CC4CCCCC4)cc3)n2)c2ccccc12. The number of carbonyl (C=O) groups excluding carboxylic acids is 1. The van der Waals surface area contributed by atoms with E-state index in [-0.39, 0.29) is 0 Å². The Bertz CT molecular complexity index is 1240. The van der Waals surface area contributed by atoms with Gasteiger partial charge in [0.05, 0.1) is 11.1 Å². The maximum Gasteiger partial charge on any atom is 0.250 e.